The van der Waals surface area contributed by atoms with E-state index in [0.29, 0.717) is 6.42 Å². The molecule has 1 aromatic carbocycles. The standard InChI is InChI=1S/C11H11ClO2/c1-7(13)5-8-6-9-10(12)3-2-4-11(9)14-8/h2-4,8H,5-6H2,1H3. The highest BCUT2D eigenvalue weighted by Crippen LogP contribution is 2.34. The lowest BCUT2D eigenvalue weighted by molar-refractivity contribution is -0.118. The van der Waals surface area contributed by atoms with E-state index in [1.807, 2.05) is 18.2 Å². The third kappa shape index (κ3) is 1.75. The van der Waals surface area contributed by atoms with Gasteiger partial charge in [-0.25, -0.2) is 0 Å². The molecule has 3 heteroatoms. The minimum Gasteiger partial charge on any atom is -0.489 e. The van der Waals surface area contributed by atoms with Gasteiger partial charge in [-0.2, -0.15) is 0 Å². The minimum absolute atomic E-state index is 0.0256. The van der Waals surface area contributed by atoms with Gasteiger partial charge in [-0.05, 0) is 19.1 Å². The number of carbonyl (C=O) groups is 1. The fourth-order valence-corrected chi connectivity index (χ4v) is 1.97. The summed E-state index contributed by atoms with van der Waals surface area (Å²) in [5, 5.41) is 0.730. The summed E-state index contributed by atoms with van der Waals surface area (Å²) < 4.78 is 5.59. The largest absolute Gasteiger partial charge is 0.489 e. The van der Waals surface area contributed by atoms with Crippen LogP contribution in [0.15, 0.2) is 18.2 Å². The molecule has 2 rings (SSSR count). The molecule has 1 unspecified atom stereocenters. The highest BCUT2D eigenvalue weighted by atomic mass is 35.5. The van der Waals surface area contributed by atoms with Crippen LogP contribution >= 0.6 is 11.6 Å². The van der Waals surface area contributed by atoms with Crippen LogP contribution < -0.4 is 4.74 Å². The molecule has 0 fully saturated rings. The van der Waals surface area contributed by atoms with Crippen LogP contribution in [0, 0.1) is 0 Å². The first-order chi connectivity index (χ1) is 6.66. The van der Waals surface area contributed by atoms with E-state index in [0.717, 1.165) is 22.8 Å². The monoisotopic (exact) mass is 210 g/mol. The number of hydrogen-bond donors (Lipinski definition) is 0. The molecule has 74 valence electrons. The number of fused-ring (bicyclic) bond motifs is 1. The van der Waals surface area contributed by atoms with Gasteiger partial charge in [0.15, 0.2) is 0 Å². The van der Waals surface area contributed by atoms with E-state index in [2.05, 4.69) is 0 Å². The van der Waals surface area contributed by atoms with Gasteiger partial charge < -0.3 is 4.74 Å². The molecule has 0 saturated heterocycles. The van der Waals surface area contributed by atoms with Gasteiger partial charge in [-0.15, -0.1) is 0 Å². The molecule has 0 amide bonds. The first-order valence-electron chi connectivity index (χ1n) is 4.60. The summed E-state index contributed by atoms with van der Waals surface area (Å²) >= 11 is 6.01. The van der Waals surface area contributed by atoms with Crippen LogP contribution in [0.4, 0.5) is 0 Å². The number of hydrogen-bond acceptors (Lipinski definition) is 2. The first-order valence-corrected chi connectivity index (χ1v) is 4.98. The third-order valence-corrected chi connectivity index (χ3v) is 2.67. The third-order valence-electron chi connectivity index (χ3n) is 2.32. The van der Waals surface area contributed by atoms with Gasteiger partial charge >= 0.3 is 0 Å². The van der Waals surface area contributed by atoms with E-state index in [1.165, 1.54) is 0 Å². The van der Waals surface area contributed by atoms with E-state index in [1.54, 1.807) is 6.92 Å². The van der Waals surface area contributed by atoms with Gasteiger partial charge in [0.2, 0.25) is 0 Å². The molecule has 1 atom stereocenters. The minimum atomic E-state index is -0.0256. The van der Waals surface area contributed by atoms with Crippen molar-refractivity contribution in [2.45, 2.75) is 25.9 Å². The van der Waals surface area contributed by atoms with Gasteiger partial charge in [-0.3, -0.25) is 4.79 Å². The summed E-state index contributed by atoms with van der Waals surface area (Å²) in [5.41, 5.74) is 1.03. The summed E-state index contributed by atoms with van der Waals surface area (Å²) in [6, 6.07) is 5.60. The molecule has 1 heterocycles. The highest BCUT2D eigenvalue weighted by Gasteiger charge is 2.25. The molecule has 0 aliphatic carbocycles. The zero-order valence-corrected chi connectivity index (χ0v) is 8.67. The van der Waals surface area contributed by atoms with Crippen molar-refractivity contribution in [3.05, 3.63) is 28.8 Å². The van der Waals surface area contributed by atoms with Crippen LogP contribution in [-0.2, 0) is 11.2 Å². The normalized spacial score (nSPS) is 18.9. The summed E-state index contributed by atoms with van der Waals surface area (Å²) in [6.45, 7) is 1.58. The SMILES string of the molecule is CC(=O)CC1Cc2c(Cl)cccc2O1. The Morgan fingerprint density at radius 2 is 2.43 bits per heavy atom. The Morgan fingerprint density at radius 1 is 1.64 bits per heavy atom. The molecular weight excluding hydrogens is 200 g/mol. The average Bonchev–Trinajstić information content (AvgIpc) is 2.47. The molecule has 0 saturated carbocycles. The molecule has 2 nitrogen and oxygen atoms in total. The number of carbonyl (C=O) groups excluding carboxylic acids is 1. The lowest BCUT2D eigenvalue weighted by Gasteiger charge is -2.06. The Bertz CT molecular complexity index is 374. The van der Waals surface area contributed by atoms with E-state index >= 15 is 0 Å². The van der Waals surface area contributed by atoms with Crippen molar-refractivity contribution >= 4 is 17.4 Å². The first kappa shape index (κ1) is 9.53. The second kappa shape index (κ2) is 3.62. The average molecular weight is 211 g/mol. The van der Waals surface area contributed by atoms with Gasteiger partial charge in [0.1, 0.15) is 17.6 Å². The molecule has 14 heavy (non-hydrogen) atoms. The van der Waals surface area contributed by atoms with Crippen LogP contribution in [0.25, 0.3) is 0 Å². The Hall–Kier alpha value is -1.02. The molecular formula is C11H11ClO2. The Balaban J connectivity index is 2.18. The number of rotatable bonds is 2. The molecule has 1 aliphatic rings. The quantitative estimate of drug-likeness (QED) is 0.750. The lowest BCUT2D eigenvalue weighted by atomic mass is 10.1. The van der Waals surface area contributed by atoms with Crippen LogP contribution in [0.5, 0.6) is 5.75 Å². The maximum absolute atomic E-state index is 10.9. The number of Topliss-reactive ketones (excluding diaryl/α,β-unsaturated/α-hetero) is 1. The summed E-state index contributed by atoms with van der Waals surface area (Å²) in [6.07, 6.45) is 1.18. The van der Waals surface area contributed by atoms with Crippen molar-refractivity contribution in [2.75, 3.05) is 0 Å². The smallest absolute Gasteiger partial charge is 0.133 e. The van der Waals surface area contributed by atoms with Crippen LogP contribution in [-0.4, -0.2) is 11.9 Å². The molecule has 0 radical (unpaired) electrons. The Morgan fingerprint density at radius 3 is 3.07 bits per heavy atom. The Kier molecular flexibility index (Phi) is 2.46. The summed E-state index contributed by atoms with van der Waals surface area (Å²) in [4.78, 5) is 10.9. The second-order valence-electron chi connectivity index (χ2n) is 3.57. The van der Waals surface area contributed by atoms with Crippen molar-refractivity contribution in [1.82, 2.24) is 0 Å². The van der Waals surface area contributed by atoms with Crippen LogP contribution in [0.3, 0.4) is 0 Å². The maximum atomic E-state index is 10.9. The zero-order chi connectivity index (χ0) is 10.1. The lowest BCUT2D eigenvalue weighted by Crippen LogP contribution is -2.16. The molecule has 1 aliphatic heterocycles. The fourth-order valence-electron chi connectivity index (χ4n) is 1.73. The van der Waals surface area contributed by atoms with Crippen LogP contribution in [0.2, 0.25) is 5.02 Å². The second-order valence-corrected chi connectivity index (χ2v) is 3.97. The number of ether oxygens (including phenoxy) is 1. The van der Waals surface area contributed by atoms with Gasteiger partial charge in [0, 0.05) is 23.4 Å². The molecule has 0 N–H and O–H groups in total. The van der Waals surface area contributed by atoms with Gasteiger partial charge in [0.05, 0.1) is 0 Å². The number of halogens is 1. The summed E-state index contributed by atoms with van der Waals surface area (Å²) in [5.74, 6) is 0.975. The van der Waals surface area contributed by atoms with E-state index in [-0.39, 0.29) is 11.9 Å². The Labute approximate surface area is 87.8 Å². The van der Waals surface area contributed by atoms with E-state index < -0.39 is 0 Å². The number of ketones is 1. The van der Waals surface area contributed by atoms with Crippen LogP contribution in [0.1, 0.15) is 18.9 Å². The van der Waals surface area contributed by atoms with Crippen molar-refractivity contribution in [2.24, 2.45) is 0 Å². The highest BCUT2D eigenvalue weighted by molar-refractivity contribution is 6.31. The topological polar surface area (TPSA) is 26.3 Å². The van der Waals surface area contributed by atoms with E-state index in [9.17, 15) is 4.79 Å². The molecule has 1 aromatic rings. The predicted octanol–water partition coefficient (Wildman–Crippen LogP) is 2.62. The van der Waals surface area contributed by atoms with E-state index in [4.69, 9.17) is 16.3 Å². The molecule has 0 aromatic heterocycles. The van der Waals surface area contributed by atoms with Crippen molar-refractivity contribution in [3.8, 4) is 5.75 Å². The van der Waals surface area contributed by atoms with Crippen molar-refractivity contribution in [1.29, 1.82) is 0 Å². The maximum Gasteiger partial charge on any atom is 0.133 e. The summed E-state index contributed by atoms with van der Waals surface area (Å²) in [7, 11) is 0. The van der Waals surface area contributed by atoms with Crippen molar-refractivity contribution in [3.63, 3.8) is 0 Å². The van der Waals surface area contributed by atoms with Gasteiger partial charge in [0.25, 0.3) is 0 Å². The molecule has 0 bridgehead atoms. The number of benzene rings is 1. The fraction of sp³-hybridized carbons (Fsp3) is 0.364. The predicted molar refractivity (Wildman–Crippen MR) is 54.9 cm³/mol. The zero-order valence-electron chi connectivity index (χ0n) is 7.92. The molecule has 0 spiro atoms. The van der Waals surface area contributed by atoms with Gasteiger partial charge in [-0.1, -0.05) is 17.7 Å². The van der Waals surface area contributed by atoms with Crippen molar-refractivity contribution < 1.29 is 9.53 Å².